The van der Waals surface area contributed by atoms with Crippen molar-refractivity contribution in [3.05, 3.63) is 49.0 Å². The maximum Gasteiger partial charge on any atom is 0.373 e. The van der Waals surface area contributed by atoms with E-state index in [4.69, 9.17) is 28.4 Å². The third kappa shape index (κ3) is 5.47. The number of methoxy groups -OCH3 is 1. The van der Waals surface area contributed by atoms with Crippen LogP contribution in [-0.2, 0) is 38.0 Å². The monoisotopic (exact) mass is 366 g/mol. The molecule has 8 heteroatoms. The summed E-state index contributed by atoms with van der Waals surface area (Å²) in [5.74, 6) is -2.85. The molecule has 0 N–H and O–H groups in total. The molecule has 0 bridgehead atoms. The molecule has 1 spiro atoms. The Morgan fingerprint density at radius 3 is 2.12 bits per heavy atom. The standard InChI is InChI=1S/C10H12O4.C8H10O4/c1-8-4-5-9(11)14-10(13-8)6-2-3-7-12-10;1-6-4-5-7(9)12-8(2,10-3)11-6/h4-5H,1-3,6-7H2;4-5H,1H2,2-3H3. The lowest BCUT2D eigenvalue weighted by Gasteiger charge is -2.34. The molecule has 0 aromatic heterocycles. The van der Waals surface area contributed by atoms with Crippen molar-refractivity contribution >= 4 is 11.9 Å². The zero-order chi connectivity index (χ0) is 19.2. The van der Waals surface area contributed by atoms with Crippen LogP contribution >= 0.6 is 0 Å². The Bertz CT molecular complexity index is 598. The normalized spacial score (nSPS) is 30.8. The van der Waals surface area contributed by atoms with Crippen LogP contribution in [0.15, 0.2) is 49.0 Å². The van der Waals surface area contributed by atoms with Crippen LogP contribution < -0.4 is 0 Å². The summed E-state index contributed by atoms with van der Waals surface area (Å²) in [4.78, 5) is 22.1. The van der Waals surface area contributed by atoms with Gasteiger partial charge in [-0.3, -0.25) is 0 Å². The number of esters is 2. The van der Waals surface area contributed by atoms with Gasteiger partial charge in [0.2, 0.25) is 0 Å². The summed E-state index contributed by atoms with van der Waals surface area (Å²) in [5.41, 5.74) is 0. The first-order valence-corrected chi connectivity index (χ1v) is 8.03. The van der Waals surface area contributed by atoms with Crippen molar-refractivity contribution in [3.63, 3.8) is 0 Å². The van der Waals surface area contributed by atoms with E-state index in [1.54, 1.807) is 0 Å². The zero-order valence-corrected chi connectivity index (χ0v) is 14.8. The van der Waals surface area contributed by atoms with Crippen molar-refractivity contribution in [2.45, 2.75) is 38.1 Å². The van der Waals surface area contributed by atoms with Gasteiger partial charge in [-0.15, -0.1) is 0 Å². The maximum absolute atomic E-state index is 11.2. The molecule has 2 unspecified atom stereocenters. The number of hydrogen-bond donors (Lipinski definition) is 0. The van der Waals surface area contributed by atoms with Crippen molar-refractivity contribution in [3.8, 4) is 0 Å². The predicted molar refractivity (Wildman–Crippen MR) is 88.9 cm³/mol. The summed E-state index contributed by atoms with van der Waals surface area (Å²) in [6.07, 6.45) is 7.85. The van der Waals surface area contributed by atoms with Gasteiger partial charge in [-0.25, -0.2) is 9.59 Å². The van der Waals surface area contributed by atoms with Gasteiger partial charge >= 0.3 is 23.9 Å². The Labute approximate surface area is 151 Å². The SMILES string of the molecule is C=C1C=CC(=O)OC(C)(OC)O1.C=C1C=CC(=O)OC2(CCCCO2)O1. The lowest BCUT2D eigenvalue weighted by molar-refractivity contribution is -0.357. The molecule has 26 heavy (non-hydrogen) atoms. The van der Waals surface area contributed by atoms with Crippen LogP contribution in [0.4, 0.5) is 0 Å². The van der Waals surface area contributed by atoms with Gasteiger partial charge in [-0.2, -0.15) is 0 Å². The van der Waals surface area contributed by atoms with Crippen LogP contribution in [-0.4, -0.2) is 37.6 Å². The first-order valence-electron chi connectivity index (χ1n) is 8.03. The Balaban J connectivity index is 0.000000190. The summed E-state index contributed by atoms with van der Waals surface area (Å²) < 4.78 is 30.5. The molecule has 142 valence electrons. The minimum absolute atomic E-state index is 0.324. The number of carbonyl (C=O) groups excluding carboxylic acids is 2. The molecule has 0 aliphatic carbocycles. The quantitative estimate of drug-likeness (QED) is 0.654. The van der Waals surface area contributed by atoms with E-state index in [0.717, 1.165) is 12.8 Å². The second-order valence-electron chi connectivity index (χ2n) is 5.70. The van der Waals surface area contributed by atoms with Crippen LogP contribution in [0.25, 0.3) is 0 Å². The van der Waals surface area contributed by atoms with Gasteiger partial charge in [0.25, 0.3) is 0 Å². The van der Waals surface area contributed by atoms with E-state index in [1.807, 2.05) is 0 Å². The van der Waals surface area contributed by atoms with Gasteiger partial charge in [0.15, 0.2) is 0 Å². The lowest BCUT2D eigenvalue weighted by Crippen LogP contribution is -2.42. The predicted octanol–water partition coefficient (Wildman–Crippen LogP) is 2.43. The largest absolute Gasteiger partial charge is 0.431 e. The molecule has 0 aromatic rings. The lowest BCUT2D eigenvalue weighted by atomic mass is 10.2. The number of hydrogen-bond acceptors (Lipinski definition) is 8. The summed E-state index contributed by atoms with van der Waals surface area (Å²) in [6.45, 7) is 9.20. The summed E-state index contributed by atoms with van der Waals surface area (Å²) in [6, 6.07) is 0. The molecule has 3 aliphatic heterocycles. The van der Waals surface area contributed by atoms with Gasteiger partial charge < -0.3 is 28.4 Å². The van der Waals surface area contributed by atoms with Crippen molar-refractivity contribution in [2.75, 3.05) is 13.7 Å². The number of allylic oxidation sites excluding steroid dienone is 2. The van der Waals surface area contributed by atoms with Gasteiger partial charge in [0.1, 0.15) is 11.5 Å². The second-order valence-corrected chi connectivity index (χ2v) is 5.70. The molecule has 1 fully saturated rings. The van der Waals surface area contributed by atoms with E-state index < -0.39 is 23.9 Å². The highest BCUT2D eigenvalue weighted by atomic mass is 16.9. The number of rotatable bonds is 1. The van der Waals surface area contributed by atoms with Crippen molar-refractivity contribution in [1.29, 1.82) is 0 Å². The molecule has 8 nitrogen and oxygen atoms in total. The van der Waals surface area contributed by atoms with E-state index in [-0.39, 0.29) is 0 Å². The smallest absolute Gasteiger partial charge is 0.373 e. The molecule has 3 heterocycles. The van der Waals surface area contributed by atoms with Crippen LogP contribution in [0.5, 0.6) is 0 Å². The highest BCUT2D eigenvalue weighted by molar-refractivity contribution is 5.83. The first kappa shape index (κ1) is 19.7. The average molecular weight is 366 g/mol. The molecule has 3 aliphatic rings. The van der Waals surface area contributed by atoms with Crippen LogP contribution in [0, 0.1) is 0 Å². The summed E-state index contributed by atoms with van der Waals surface area (Å²) in [5, 5.41) is 0. The van der Waals surface area contributed by atoms with Crippen molar-refractivity contribution in [1.82, 2.24) is 0 Å². The molecule has 1 saturated heterocycles. The fourth-order valence-electron chi connectivity index (χ4n) is 2.26. The fraction of sp³-hybridized carbons (Fsp3) is 0.444. The molecule has 3 rings (SSSR count). The number of carbonyl (C=O) groups is 2. The third-order valence-electron chi connectivity index (χ3n) is 3.53. The second kappa shape index (κ2) is 8.20. The molecular weight excluding hydrogens is 344 g/mol. The van der Waals surface area contributed by atoms with E-state index in [2.05, 4.69) is 13.2 Å². The van der Waals surface area contributed by atoms with Crippen LogP contribution in [0.3, 0.4) is 0 Å². The zero-order valence-electron chi connectivity index (χ0n) is 14.8. The van der Waals surface area contributed by atoms with Crippen LogP contribution in [0.1, 0.15) is 26.2 Å². The van der Waals surface area contributed by atoms with Crippen molar-refractivity contribution in [2.24, 2.45) is 0 Å². The summed E-state index contributed by atoms with van der Waals surface area (Å²) >= 11 is 0. The minimum Gasteiger partial charge on any atom is -0.431 e. The molecule has 2 atom stereocenters. The minimum atomic E-state index is -1.36. The van der Waals surface area contributed by atoms with Gasteiger partial charge in [-0.05, 0) is 25.0 Å². The topological polar surface area (TPSA) is 89.5 Å². The Morgan fingerprint density at radius 1 is 0.923 bits per heavy atom. The Kier molecular flexibility index (Phi) is 6.23. The van der Waals surface area contributed by atoms with Gasteiger partial charge in [0, 0.05) is 26.2 Å². The molecule has 0 amide bonds. The van der Waals surface area contributed by atoms with E-state index in [9.17, 15) is 9.59 Å². The highest BCUT2D eigenvalue weighted by Crippen LogP contribution is 2.31. The number of cyclic esters (lactones) is 1. The van der Waals surface area contributed by atoms with Gasteiger partial charge in [-0.1, -0.05) is 13.2 Å². The average Bonchev–Trinajstić information content (AvgIpc) is 2.80. The van der Waals surface area contributed by atoms with E-state index >= 15 is 0 Å². The number of ether oxygens (including phenoxy) is 6. The van der Waals surface area contributed by atoms with Crippen molar-refractivity contribution < 1.29 is 38.0 Å². The van der Waals surface area contributed by atoms with E-state index in [0.29, 0.717) is 24.5 Å². The van der Waals surface area contributed by atoms with Gasteiger partial charge in [0.05, 0.1) is 13.0 Å². The Hall–Kier alpha value is -2.58. The van der Waals surface area contributed by atoms with E-state index in [1.165, 1.54) is 38.3 Å². The highest BCUT2D eigenvalue weighted by Gasteiger charge is 2.41. The molecule has 0 aromatic carbocycles. The first-order chi connectivity index (χ1) is 12.3. The summed E-state index contributed by atoms with van der Waals surface area (Å²) in [7, 11) is 1.38. The third-order valence-corrected chi connectivity index (χ3v) is 3.53. The fourth-order valence-corrected chi connectivity index (χ4v) is 2.26. The molecule has 0 radical (unpaired) electrons. The molecule has 0 saturated carbocycles. The maximum atomic E-state index is 11.2. The van der Waals surface area contributed by atoms with Crippen LogP contribution in [0.2, 0.25) is 0 Å². The Morgan fingerprint density at radius 2 is 1.54 bits per heavy atom. The molecular formula is C18H22O8.